The van der Waals surface area contributed by atoms with E-state index in [1.165, 1.54) is 0 Å². The molecule has 0 heterocycles. The lowest BCUT2D eigenvalue weighted by molar-refractivity contribution is 0.122. The van der Waals surface area contributed by atoms with Crippen molar-refractivity contribution in [3.05, 3.63) is 34.9 Å². The van der Waals surface area contributed by atoms with Gasteiger partial charge in [0.15, 0.2) is 0 Å². The van der Waals surface area contributed by atoms with E-state index in [0.717, 1.165) is 12.0 Å². The molecule has 3 N–H and O–H groups in total. The molecule has 1 aromatic rings. The molecule has 0 aliphatic carbocycles. The minimum atomic E-state index is -0.575. The van der Waals surface area contributed by atoms with E-state index >= 15 is 0 Å². The fourth-order valence-corrected chi connectivity index (χ4v) is 1.75. The number of nitrogens with one attached hydrogen (secondary N) is 1. The van der Waals surface area contributed by atoms with Gasteiger partial charge in [0.2, 0.25) is 0 Å². The van der Waals surface area contributed by atoms with Gasteiger partial charge in [0.25, 0.3) is 0 Å². The van der Waals surface area contributed by atoms with Gasteiger partial charge in [-0.25, -0.2) is 0 Å². The smallest absolute Gasteiger partial charge is 0.0942 e. The van der Waals surface area contributed by atoms with Crippen LogP contribution in [-0.2, 0) is 0 Å². The normalized spacial score (nSPS) is 14.8. The number of hydrogen-bond donors (Lipinski definition) is 3. The second kappa shape index (κ2) is 6.86. The monoisotopic (exact) mass is 243 g/mol. The summed E-state index contributed by atoms with van der Waals surface area (Å²) >= 11 is 5.78. The first-order valence-corrected chi connectivity index (χ1v) is 5.84. The molecule has 0 bridgehead atoms. The maximum Gasteiger partial charge on any atom is 0.0942 e. The molecular formula is C12H18ClNO2. The zero-order chi connectivity index (χ0) is 12.0. The fraction of sp³-hybridized carbons (Fsp3) is 0.500. The average Bonchev–Trinajstić information content (AvgIpc) is 2.30. The third-order valence-corrected chi connectivity index (χ3v) is 2.80. The molecule has 2 unspecified atom stereocenters. The molecule has 90 valence electrons. The van der Waals surface area contributed by atoms with E-state index < -0.39 is 6.10 Å². The molecule has 0 radical (unpaired) electrons. The summed E-state index contributed by atoms with van der Waals surface area (Å²) in [5.41, 5.74) is 0.835. The van der Waals surface area contributed by atoms with Crippen molar-refractivity contribution in [2.45, 2.75) is 25.5 Å². The van der Waals surface area contributed by atoms with Crippen LogP contribution in [0.4, 0.5) is 0 Å². The Balaban J connectivity index is 2.66. The van der Waals surface area contributed by atoms with Crippen molar-refractivity contribution in [1.82, 2.24) is 5.32 Å². The summed E-state index contributed by atoms with van der Waals surface area (Å²) < 4.78 is 0. The van der Waals surface area contributed by atoms with Gasteiger partial charge in [0.05, 0.1) is 12.7 Å². The molecule has 1 rings (SSSR count). The van der Waals surface area contributed by atoms with Crippen molar-refractivity contribution in [2.24, 2.45) is 0 Å². The van der Waals surface area contributed by atoms with Gasteiger partial charge >= 0.3 is 0 Å². The highest BCUT2D eigenvalue weighted by atomic mass is 35.5. The van der Waals surface area contributed by atoms with Crippen LogP contribution in [0.3, 0.4) is 0 Å². The first kappa shape index (κ1) is 13.5. The lowest BCUT2D eigenvalue weighted by Gasteiger charge is -2.23. The Morgan fingerprint density at radius 1 is 1.31 bits per heavy atom. The van der Waals surface area contributed by atoms with Crippen LogP contribution in [0.15, 0.2) is 24.3 Å². The van der Waals surface area contributed by atoms with Crippen molar-refractivity contribution in [1.29, 1.82) is 0 Å². The van der Waals surface area contributed by atoms with Crippen LogP contribution in [0.25, 0.3) is 0 Å². The van der Waals surface area contributed by atoms with Crippen molar-refractivity contribution in [3.63, 3.8) is 0 Å². The lowest BCUT2D eigenvalue weighted by atomic mass is 10.0. The van der Waals surface area contributed by atoms with Gasteiger partial charge in [-0.2, -0.15) is 0 Å². The predicted octanol–water partition coefficient (Wildman–Crippen LogP) is 1.73. The van der Waals surface area contributed by atoms with Gasteiger partial charge in [-0.15, -0.1) is 0 Å². The number of rotatable bonds is 6. The van der Waals surface area contributed by atoms with Crippen LogP contribution >= 0.6 is 11.6 Å². The highest BCUT2D eigenvalue weighted by Gasteiger charge is 2.18. The van der Waals surface area contributed by atoms with E-state index in [-0.39, 0.29) is 12.6 Å². The molecule has 4 heteroatoms. The summed E-state index contributed by atoms with van der Waals surface area (Å²) in [7, 11) is 0. The van der Waals surface area contributed by atoms with Crippen LogP contribution < -0.4 is 5.32 Å². The molecule has 3 nitrogen and oxygen atoms in total. The van der Waals surface area contributed by atoms with Crippen LogP contribution in [0.2, 0.25) is 5.02 Å². The third-order valence-electron chi connectivity index (χ3n) is 2.55. The van der Waals surface area contributed by atoms with E-state index in [2.05, 4.69) is 5.32 Å². The number of benzene rings is 1. The quantitative estimate of drug-likeness (QED) is 0.713. The van der Waals surface area contributed by atoms with Gasteiger partial charge in [-0.1, -0.05) is 30.7 Å². The van der Waals surface area contributed by atoms with Gasteiger partial charge < -0.3 is 15.5 Å². The first-order valence-electron chi connectivity index (χ1n) is 5.46. The summed E-state index contributed by atoms with van der Waals surface area (Å²) in [5, 5.41) is 22.6. The van der Waals surface area contributed by atoms with Gasteiger partial charge in [-0.3, -0.25) is 0 Å². The highest BCUT2D eigenvalue weighted by Crippen LogP contribution is 2.20. The lowest BCUT2D eigenvalue weighted by Crippen LogP contribution is -2.36. The zero-order valence-corrected chi connectivity index (χ0v) is 10.1. The molecule has 0 spiro atoms. The number of aliphatic hydroxyl groups is 2. The predicted molar refractivity (Wildman–Crippen MR) is 65.6 cm³/mol. The summed E-state index contributed by atoms with van der Waals surface area (Å²) in [6.07, 6.45) is 0.220. The van der Waals surface area contributed by atoms with Gasteiger partial charge in [-0.05, 0) is 24.1 Å². The molecule has 2 atom stereocenters. The van der Waals surface area contributed by atoms with Crippen LogP contribution in [0.1, 0.15) is 25.0 Å². The SMILES string of the molecule is CCC(NCCO)C(O)c1ccc(Cl)cc1. The standard InChI is InChI=1S/C12H18ClNO2/c1-2-11(14-7-8-15)12(16)9-3-5-10(13)6-4-9/h3-6,11-12,14-16H,2,7-8H2,1H3. The largest absolute Gasteiger partial charge is 0.395 e. The fourth-order valence-electron chi connectivity index (χ4n) is 1.62. The molecule has 0 aliphatic rings. The molecular weight excluding hydrogens is 226 g/mol. The van der Waals surface area contributed by atoms with E-state index in [1.54, 1.807) is 12.1 Å². The van der Waals surface area contributed by atoms with Crippen LogP contribution in [0, 0.1) is 0 Å². The maximum atomic E-state index is 10.1. The van der Waals surface area contributed by atoms with Gasteiger partial charge in [0, 0.05) is 17.6 Å². The Hall–Kier alpha value is -0.610. The minimum Gasteiger partial charge on any atom is -0.395 e. The Kier molecular flexibility index (Phi) is 5.77. The molecule has 16 heavy (non-hydrogen) atoms. The zero-order valence-electron chi connectivity index (χ0n) is 9.36. The van der Waals surface area contributed by atoms with Crippen molar-refractivity contribution in [2.75, 3.05) is 13.2 Å². The number of aliphatic hydroxyl groups excluding tert-OH is 2. The average molecular weight is 244 g/mol. The molecule has 1 aromatic carbocycles. The van der Waals surface area contributed by atoms with E-state index in [9.17, 15) is 5.11 Å². The Bertz CT molecular complexity index is 302. The van der Waals surface area contributed by atoms with Crippen molar-refractivity contribution in [3.8, 4) is 0 Å². The van der Waals surface area contributed by atoms with Crippen molar-refractivity contribution < 1.29 is 10.2 Å². The van der Waals surface area contributed by atoms with Crippen LogP contribution in [0.5, 0.6) is 0 Å². The van der Waals surface area contributed by atoms with Gasteiger partial charge in [0.1, 0.15) is 0 Å². The summed E-state index contributed by atoms with van der Waals surface area (Å²) in [5.74, 6) is 0. The number of hydrogen-bond acceptors (Lipinski definition) is 3. The number of halogens is 1. The Labute approximate surface area is 101 Å². The maximum absolute atomic E-state index is 10.1. The topological polar surface area (TPSA) is 52.5 Å². The second-order valence-corrected chi connectivity index (χ2v) is 4.13. The first-order chi connectivity index (χ1) is 7.69. The van der Waals surface area contributed by atoms with Crippen LogP contribution in [-0.4, -0.2) is 29.4 Å². The third kappa shape index (κ3) is 3.76. The Morgan fingerprint density at radius 3 is 2.44 bits per heavy atom. The molecule has 0 saturated carbocycles. The minimum absolute atomic E-state index is 0.0478. The summed E-state index contributed by atoms with van der Waals surface area (Å²) in [4.78, 5) is 0. The van der Waals surface area contributed by atoms with E-state index in [1.807, 2.05) is 19.1 Å². The Morgan fingerprint density at radius 2 is 1.94 bits per heavy atom. The van der Waals surface area contributed by atoms with Crippen molar-refractivity contribution >= 4 is 11.6 Å². The summed E-state index contributed by atoms with van der Waals surface area (Å²) in [6, 6.07) is 7.11. The summed E-state index contributed by atoms with van der Waals surface area (Å²) in [6.45, 7) is 2.56. The molecule has 0 fully saturated rings. The van der Waals surface area contributed by atoms with E-state index in [4.69, 9.17) is 16.7 Å². The van der Waals surface area contributed by atoms with E-state index in [0.29, 0.717) is 11.6 Å². The second-order valence-electron chi connectivity index (χ2n) is 3.69. The molecule has 0 aliphatic heterocycles. The molecule has 0 saturated heterocycles. The highest BCUT2D eigenvalue weighted by molar-refractivity contribution is 6.30. The molecule has 0 amide bonds. The molecule has 0 aromatic heterocycles.